The smallest absolute Gasteiger partial charge is 0.272 e. The number of hydrogen-bond donors (Lipinski definition) is 2. The van der Waals surface area contributed by atoms with Gasteiger partial charge in [-0.25, -0.2) is 13.1 Å². The lowest BCUT2D eigenvalue weighted by atomic mass is 10.2. The molecule has 0 saturated heterocycles. The maximum Gasteiger partial charge on any atom is 0.273 e. The number of sulfonamides is 1. The summed E-state index contributed by atoms with van der Waals surface area (Å²) < 4.78 is 27.6. The van der Waals surface area contributed by atoms with Crippen LogP contribution in [0.4, 0.5) is 0 Å². The van der Waals surface area contributed by atoms with E-state index >= 15 is 0 Å². The lowest BCUT2D eigenvalue weighted by Crippen LogP contribution is -2.46. The lowest BCUT2D eigenvalue weighted by Gasteiger charge is -2.17. The summed E-state index contributed by atoms with van der Waals surface area (Å²) in [7, 11) is -2.56. The normalized spacial score (nSPS) is 11.4. The van der Waals surface area contributed by atoms with Crippen molar-refractivity contribution in [3.8, 4) is 5.69 Å². The van der Waals surface area contributed by atoms with Crippen molar-refractivity contribution in [2.24, 2.45) is 0 Å². The molecule has 168 valence electrons. The van der Waals surface area contributed by atoms with Crippen molar-refractivity contribution in [2.75, 3.05) is 13.6 Å². The Morgan fingerprint density at radius 3 is 2.44 bits per heavy atom. The Bertz CT molecular complexity index is 1260. The van der Waals surface area contributed by atoms with Crippen LogP contribution in [0.3, 0.4) is 0 Å². The van der Waals surface area contributed by atoms with Gasteiger partial charge in [0.05, 0.1) is 34.6 Å². The van der Waals surface area contributed by atoms with Crippen molar-refractivity contribution < 1.29 is 18.0 Å². The molecule has 0 atom stereocenters. The van der Waals surface area contributed by atoms with Crippen molar-refractivity contribution in [2.45, 2.75) is 18.7 Å². The molecule has 3 aromatic rings. The molecule has 1 aromatic heterocycles. The van der Waals surface area contributed by atoms with Gasteiger partial charge in [0.25, 0.3) is 11.8 Å². The number of aromatic nitrogens is 2. The average Bonchev–Trinajstić information content (AvgIpc) is 3.13. The molecular formula is C21H22ClN5O4S. The predicted molar refractivity (Wildman–Crippen MR) is 120 cm³/mol. The Morgan fingerprint density at radius 2 is 1.78 bits per heavy atom. The van der Waals surface area contributed by atoms with Crippen LogP contribution in [0.15, 0.2) is 59.6 Å². The molecule has 0 aliphatic heterocycles. The van der Waals surface area contributed by atoms with Crippen LogP contribution in [0.2, 0.25) is 5.02 Å². The van der Waals surface area contributed by atoms with Gasteiger partial charge < -0.3 is 0 Å². The molecule has 0 aliphatic rings. The third-order valence-electron chi connectivity index (χ3n) is 4.72. The third kappa shape index (κ3) is 5.16. The zero-order valence-corrected chi connectivity index (χ0v) is 19.2. The predicted octanol–water partition coefficient (Wildman–Crippen LogP) is 2.22. The van der Waals surface area contributed by atoms with E-state index in [0.717, 1.165) is 9.87 Å². The monoisotopic (exact) mass is 475 g/mol. The topological polar surface area (TPSA) is 113 Å². The van der Waals surface area contributed by atoms with Crippen LogP contribution >= 0.6 is 11.6 Å². The highest BCUT2D eigenvalue weighted by molar-refractivity contribution is 7.89. The average molecular weight is 476 g/mol. The summed E-state index contributed by atoms with van der Waals surface area (Å²) in [6.07, 6.45) is 1.37. The Kier molecular flexibility index (Phi) is 6.97. The minimum Gasteiger partial charge on any atom is -0.272 e. The minimum absolute atomic E-state index is 0.0755. The first-order valence-electron chi connectivity index (χ1n) is 9.52. The van der Waals surface area contributed by atoms with Gasteiger partial charge in [0.2, 0.25) is 10.0 Å². The van der Waals surface area contributed by atoms with Crippen LogP contribution in [0.5, 0.6) is 0 Å². The van der Waals surface area contributed by atoms with Gasteiger partial charge in [-0.1, -0.05) is 35.4 Å². The van der Waals surface area contributed by atoms with E-state index in [0.29, 0.717) is 16.4 Å². The van der Waals surface area contributed by atoms with Crippen LogP contribution in [0.1, 0.15) is 21.6 Å². The van der Waals surface area contributed by atoms with Crippen LogP contribution in [0, 0.1) is 13.8 Å². The summed E-state index contributed by atoms with van der Waals surface area (Å²) in [6.45, 7) is 3.07. The number of nitrogens with one attached hydrogen (secondary N) is 2. The first-order chi connectivity index (χ1) is 15.1. The van der Waals surface area contributed by atoms with E-state index in [9.17, 15) is 18.0 Å². The molecule has 0 saturated carbocycles. The number of hydrazine groups is 1. The number of halogens is 1. The SMILES string of the molecule is Cc1ccc(S(=O)(=O)N(C)CC(=O)NNC(=O)c2cnn(-c3cccc(Cl)c3)c2C)cc1. The molecule has 3 rings (SSSR count). The fourth-order valence-corrected chi connectivity index (χ4v) is 4.22. The second-order valence-corrected chi connectivity index (χ2v) is 9.59. The van der Waals surface area contributed by atoms with Gasteiger partial charge in [-0.3, -0.25) is 20.4 Å². The first kappa shape index (κ1) is 23.5. The van der Waals surface area contributed by atoms with E-state index in [4.69, 9.17) is 11.6 Å². The lowest BCUT2D eigenvalue weighted by molar-refractivity contribution is -0.121. The fourth-order valence-electron chi connectivity index (χ4n) is 2.91. The van der Waals surface area contributed by atoms with Crippen molar-refractivity contribution in [3.05, 3.63) is 76.6 Å². The molecule has 0 unspecified atom stereocenters. The maximum atomic E-state index is 12.6. The van der Waals surface area contributed by atoms with Gasteiger partial charge in [0, 0.05) is 12.1 Å². The molecule has 0 radical (unpaired) electrons. The Balaban J connectivity index is 1.61. The van der Waals surface area contributed by atoms with Gasteiger partial charge in [0.1, 0.15) is 0 Å². The van der Waals surface area contributed by atoms with Crippen molar-refractivity contribution >= 4 is 33.4 Å². The van der Waals surface area contributed by atoms with Gasteiger partial charge >= 0.3 is 0 Å². The van der Waals surface area contributed by atoms with E-state index in [-0.39, 0.29) is 10.5 Å². The summed E-state index contributed by atoms with van der Waals surface area (Å²) in [4.78, 5) is 24.8. The summed E-state index contributed by atoms with van der Waals surface area (Å²) in [5.41, 5.74) is 6.89. The summed E-state index contributed by atoms with van der Waals surface area (Å²) in [5, 5.41) is 4.72. The van der Waals surface area contributed by atoms with E-state index in [1.165, 1.54) is 25.4 Å². The number of likely N-dealkylation sites (N-methyl/N-ethyl adjacent to an activating group) is 1. The van der Waals surface area contributed by atoms with E-state index < -0.39 is 28.4 Å². The maximum absolute atomic E-state index is 12.6. The van der Waals surface area contributed by atoms with E-state index in [1.807, 2.05) is 6.92 Å². The number of aryl methyl sites for hydroxylation is 1. The number of rotatable bonds is 6. The second-order valence-electron chi connectivity index (χ2n) is 7.11. The van der Waals surface area contributed by atoms with Crippen LogP contribution in [-0.2, 0) is 14.8 Å². The molecular weight excluding hydrogens is 454 g/mol. The number of benzene rings is 2. The zero-order valence-electron chi connectivity index (χ0n) is 17.7. The van der Waals surface area contributed by atoms with E-state index in [2.05, 4.69) is 16.0 Å². The summed E-state index contributed by atoms with van der Waals surface area (Å²) >= 11 is 6.01. The van der Waals surface area contributed by atoms with Gasteiger partial charge in [-0.15, -0.1) is 0 Å². The van der Waals surface area contributed by atoms with Crippen molar-refractivity contribution in [3.63, 3.8) is 0 Å². The number of hydrogen-bond acceptors (Lipinski definition) is 5. The molecule has 0 fully saturated rings. The highest BCUT2D eigenvalue weighted by Gasteiger charge is 2.23. The molecule has 0 aliphatic carbocycles. The molecule has 2 N–H and O–H groups in total. The fraction of sp³-hybridized carbons (Fsp3) is 0.190. The second kappa shape index (κ2) is 9.51. The molecule has 11 heteroatoms. The number of amides is 2. The Labute approximate surface area is 191 Å². The number of nitrogens with zero attached hydrogens (tertiary/aromatic N) is 3. The molecule has 32 heavy (non-hydrogen) atoms. The van der Waals surface area contributed by atoms with Gasteiger partial charge in [-0.05, 0) is 44.2 Å². The van der Waals surface area contributed by atoms with Crippen LogP contribution < -0.4 is 10.9 Å². The quantitative estimate of drug-likeness (QED) is 0.531. The van der Waals surface area contributed by atoms with E-state index in [1.54, 1.807) is 48.0 Å². The highest BCUT2D eigenvalue weighted by atomic mass is 35.5. The Morgan fingerprint density at radius 1 is 1.09 bits per heavy atom. The summed E-state index contributed by atoms with van der Waals surface area (Å²) in [6, 6.07) is 13.3. The third-order valence-corrected chi connectivity index (χ3v) is 6.77. The molecule has 0 spiro atoms. The van der Waals surface area contributed by atoms with Crippen LogP contribution in [-0.4, -0.2) is 47.9 Å². The van der Waals surface area contributed by atoms with Crippen molar-refractivity contribution in [1.82, 2.24) is 24.9 Å². The number of carbonyl (C=O) groups is 2. The standard InChI is InChI=1S/C21H22ClN5O4S/c1-14-7-9-18(10-8-14)32(30,31)26(3)13-20(28)24-25-21(29)19-12-23-27(15(19)2)17-6-4-5-16(22)11-17/h4-12H,13H2,1-3H3,(H,24,28)(H,25,29). The molecule has 2 aromatic carbocycles. The number of carbonyl (C=O) groups excluding carboxylic acids is 2. The van der Waals surface area contributed by atoms with Crippen LogP contribution in [0.25, 0.3) is 5.69 Å². The van der Waals surface area contributed by atoms with Gasteiger partial charge in [-0.2, -0.15) is 9.40 Å². The highest BCUT2D eigenvalue weighted by Crippen LogP contribution is 2.18. The largest absolute Gasteiger partial charge is 0.273 e. The molecule has 0 bridgehead atoms. The molecule has 9 nitrogen and oxygen atoms in total. The summed E-state index contributed by atoms with van der Waals surface area (Å²) in [5.74, 6) is -1.29. The van der Waals surface area contributed by atoms with Gasteiger partial charge in [0.15, 0.2) is 0 Å². The molecule has 2 amide bonds. The Hall–Kier alpha value is -3.21. The zero-order chi connectivity index (χ0) is 23.5. The minimum atomic E-state index is -3.84. The van der Waals surface area contributed by atoms with Crippen molar-refractivity contribution in [1.29, 1.82) is 0 Å². The molecule has 1 heterocycles. The first-order valence-corrected chi connectivity index (χ1v) is 11.3.